The molecule has 1 aliphatic rings. The molecule has 1 atom stereocenters. The molecule has 5 heterocycles. The van der Waals surface area contributed by atoms with Gasteiger partial charge in [-0.25, -0.2) is 19.6 Å². The van der Waals surface area contributed by atoms with Crippen LogP contribution in [0.1, 0.15) is 19.4 Å². The molecule has 1 N–H and O–H groups in total. The van der Waals surface area contributed by atoms with Crippen LogP contribution in [0.5, 0.6) is 5.88 Å². The highest BCUT2D eigenvalue weighted by molar-refractivity contribution is 5.91. The summed E-state index contributed by atoms with van der Waals surface area (Å²) in [6.45, 7) is 9.94. The van der Waals surface area contributed by atoms with E-state index in [2.05, 4.69) is 42.2 Å². The lowest BCUT2D eigenvalue weighted by Crippen LogP contribution is -2.13. The summed E-state index contributed by atoms with van der Waals surface area (Å²) in [5, 5.41) is 12.7. The molecule has 29 heavy (non-hydrogen) atoms. The first-order chi connectivity index (χ1) is 14.1. The van der Waals surface area contributed by atoms with E-state index in [1.165, 1.54) is 0 Å². The normalized spacial score (nSPS) is 15.8. The van der Waals surface area contributed by atoms with Crippen molar-refractivity contribution in [3.05, 3.63) is 42.1 Å². The molecule has 0 aromatic carbocycles. The van der Waals surface area contributed by atoms with Crippen molar-refractivity contribution in [1.82, 2.24) is 34.5 Å². The molecule has 10 nitrogen and oxygen atoms in total. The lowest BCUT2D eigenvalue weighted by atomic mass is 10.2. The number of fused-ring (bicyclic) bond motifs is 5. The van der Waals surface area contributed by atoms with E-state index in [-0.39, 0.29) is 6.04 Å². The van der Waals surface area contributed by atoms with Gasteiger partial charge in [0.1, 0.15) is 17.2 Å². The molecule has 0 saturated carbocycles. The first-order valence-electron chi connectivity index (χ1n) is 9.15. The average Bonchev–Trinajstić information content (AvgIpc) is 3.28. The van der Waals surface area contributed by atoms with Gasteiger partial charge in [0.2, 0.25) is 5.88 Å². The van der Waals surface area contributed by atoms with Crippen LogP contribution in [0.25, 0.3) is 27.1 Å². The molecule has 0 spiro atoms. The lowest BCUT2D eigenvalue weighted by Gasteiger charge is -2.14. The number of nitrogens with zero attached hydrogens (tertiary/aromatic N) is 8. The SMILES string of the molecule is [C-]#[N+]c1nn2c3cc(ncc13)Nc1ccnc(n1)-c1cnn(C)c1OCCC2C. The van der Waals surface area contributed by atoms with Crippen LogP contribution in [0.3, 0.4) is 0 Å². The van der Waals surface area contributed by atoms with Crippen molar-refractivity contribution in [3.8, 4) is 17.3 Å². The molecule has 0 radical (unpaired) electrons. The van der Waals surface area contributed by atoms with Gasteiger partial charge in [-0.2, -0.15) is 9.78 Å². The molecule has 4 aromatic rings. The van der Waals surface area contributed by atoms with E-state index in [1.807, 2.05) is 17.8 Å². The number of anilines is 2. The monoisotopic (exact) mass is 387 g/mol. The zero-order valence-corrected chi connectivity index (χ0v) is 15.9. The third-order valence-corrected chi connectivity index (χ3v) is 4.91. The predicted octanol–water partition coefficient (Wildman–Crippen LogP) is 3.26. The molecule has 0 aliphatic carbocycles. The van der Waals surface area contributed by atoms with Gasteiger partial charge in [-0.05, 0) is 18.1 Å². The Labute approximate surface area is 166 Å². The Morgan fingerprint density at radius 3 is 3.03 bits per heavy atom. The zero-order valence-electron chi connectivity index (χ0n) is 15.9. The fourth-order valence-corrected chi connectivity index (χ4v) is 3.39. The van der Waals surface area contributed by atoms with Crippen molar-refractivity contribution in [2.75, 3.05) is 11.9 Å². The van der Waals surface area contributed by atoms with E-state index in [1.54, 1.807) is 29.3 Å². The highest BCUT2D eigenvalue weighted by Gasteiger charge is 2.21. The molecule has 0 amide bonds. The highest BCUT2D eigenvalue weighted by Crippen LogP contribution is 2.32. The van der Waals surface area contributed by atoms with Crippen molar-refractivity contribution in [2.24, 2.45) is 7.05 Å². The van der Waals surface area contributed by atoms with E-state index in [0.717, 1.165) is 16.5 Å². The van der Waals surface area contributed by atoms with Gasteiger partial charge in [-0.15, -0.1) is 0 Å². The predicted molar refractivity (Wildman–Crippen MR) is 106 cm³/mol. The fourth-order valence-electron chi connectivity index (χ4n) is 3.39. The number of aryl methyl sites for hydroxylation is 1. The van der Waals surface area contributed by atoms with Crippen molar-refractivity contribution in [1.29, 1.82) is 0 Å². The van der Waals surface area contributed by atoms with Crippen molar-refractivity contribution in [2.45, 2.75) is 19.4 Å². The van der Waals surface area contributed by atoms with Gasteiger partial charge in [-0.3, -0.25) is 0 Å². The first kappa shape index (κ1) is 17.1. The van der Waals surface area contributed by atoms with Crippen LogP contribution in [0.15, 0.2) is 30.7 Å². The highest BCUT2D eigenvalue weighted by atomic mass is 16.5. The fraction of sp³-hybridized carbons (Fsp3) is 0.263. The topological polar surface area (TPSA) is 99.9 Å². The summed E-state index contributed by atoms with van der Waals surface area (Å²) in [5.41, 5.74) is 1.56. The van der Waals surface area contributed by atoms with Crippen LogP contribution in [0.4, 0.5) is 17.5 Å². The first-order valence-corrected chi connectivity index (χ1v) is 9.15. The summed E-state index contributed by atoms with van der Waals surface area (Å²) >= 11 is 0. The molecule has 1 unspecified atom stereocenters. The Kier molecular flexibility index (Phi) is 3.87. The van der Waals surface area contributed by atoms with Gasteiger partial charge in [0.15, 0.2) is 5.82 Å². The maximum Gasteiger partial charge on any atom is 0.304 e. The minimum Gasteiger partial charge on any atom is -0.477 e. The summed E-state index contributed by atoms with van der Waals surface area (Å²) in [6.07, 6.45) is 5.74. The van der Waals surface area contributed by atoms with Crippen LogP contribution in [0, 0.1) is 6.57 Å². The molecule has 10 heteroatoms. The molecule has 4 bridgehead atoms. The molecular formula is C19H17N9O. The smallest absolute Gasteiger partial charge is 0.304 e. The van der Waals surface area contributed by atoms with Crippen molar-refractivity contribution >= 4 is 28.4 Å². The Morgan fingerprint density at radius 2 is 2.17 bits per heavy atom. The second kappa shape index (κ2) is 6.56. The van der Waals surface area contributed by atoms with Gasteiger partial charge in [0, 0.05) is 37.3 Å². The molecule has 144 valence electrons. The minimum atomic E-state index is 0.0249. The number of hydrogen-bond acceptors (Lipinski definition) is 7. The maximum absolute atomic E-state index is 7.43. The summed E-state index contributed by atoms with van der Waals surface area (Å²) in [4.78, 5) is 16.9. The molecule has 0 fully saturated rings. The second-order valence-corrected chi connectivity index (χ2v) is 6.83. The average molecular weight is 387 g/mol. The zero-order chi connectivity index (χ0) is 20.0. The number of rotatable bonds is 0. The van der Waals surface area contributed by atoms with Gasteiger partial charge in [-0.1, -0.05) is 6.57 Å². The minimum absolute atomic E-state index is 0.0249. The Morgan fingerprint density at radius 1 is 1.28 bits per heavy atom. The summed E-state index contributed by atoms with van der Waals surface area (Å²) in [7, 11) is 1.82. The number of hydrogen-bond donors (Lipinski definition) is 1. The number of pyridine rings is 1. The van der Waals surface area contributed by atoms with Crippen LogP contribution in [-0.4, -0.2) is 41.1 Å². The van der Waals surface area contributed by atoms with E-state index in [0.29, 0.717) is 42.2 Å². The van der Waals surface area contributed by atoms with Crippen LogP contribution in [-0.2, 0) is 7.05 Å². The number of aromatic nitrogens is 7. The van der Waals surface area contributed by atoms with Crippen LogP contribution < -0.4 is 10.1 Å². The van der Waals surface area contributed by atoms with Gasteiger partial charge < -0.3 is 14.9 Å². The molecule has 5 rings (SSSR count). The van der Waals surface area contributed by atoms with E-state index >= 15 is 0 Å². The van der Waals surface area contributed by atoms with Gasteiger partial charge in [0.25, 0.3) is 0 Å². The molecule has 4 aromatic heterocycles. The maximum atomic E-state index is 7.43. The number of nitrogens with one attached hydrogen (secondary N) is 1. The number of ether oxygens (including phenoxy) is 1. The third kappa shape index (κ3) is 2.84. The van der Waals surface area contributed by atoms with Gasteiger partial charge in [0.05, 0.1) is 24.4 Å². The summed E-state index contributed by atoms with van der Waals surface area (Å²) < 4.78 is 9.57. The van der Waals surface area contributed by atoms with E-state index in [4.69, 9.17) is 11.3 Å². The Hall–Kier alpha value is -4.00. The standard InChI is InChI=1S/C19H17N9O/c1-11-5-7-29-19-13(10-23-27(19)3)18-21-6-4-15(25-18)24-16-8-14-12(9-22-16)17(20-2)26-28(11)14/h4,6,8-11H,5,7H2,1,3H3,(H,21,22,24,25). The van der Waals surface area contributed by atoms with Crippen molar-refractivity contribution < 1.29 is 4.74 Å². The molecule has 0 saturated heterocycles. The van der Waals surface area contributed by atoms with Gasteiger partial charge >= 0.3 is 5.82 Å². The second-order valence-electron chi connectivity index (χ2n) is 6.83. The third-order valence-electron chi connectivity index (χ3n) is 4.91. The molecule has 1 aliphatic heterocycles. The van der Waals surface area contributed by atoms with Crippen LogP contribution in [0.2, 0.25) is 0 Å². The van der Waals surface area contributed by atoms with Crippen LogP contribution >= 0.6 is 0 Å². The Bertz CT molecular complexity index is 1270. The van der Waals surface area contributed by atoms with E-state index in [9.17, 15) is 0 Å². The summed E-state index contributed by atoms with van der Waals surface area (Å²) in [6, 6.07) is 3.68. The lowest BCUT2D eigenvalue weighted by molar-refractivity contribution is 0.260. The van der Waals surface area contributed by atoms with Crippen molar-refractivity contribution in [3.63, 3.8) is 0 Å². The quantitative estimate of drug-likeness (QED) is 0.462. The largest absolute Gasteiger partial charge is 0.477 e. The molecular weight excluding hydrogens is 370 g/mol. The Balaban J connectivity index is 1.68. The summed E-state index contributed by atoms with van der Waals surface area (Å²) in [5.74, 6) is 2.68. The van der Waals surface area contributed by atoms with E-state index < -0.39 is 0 Å².